The van der Waals surface area contributed by atoms with Crippen molar-refractivity contribution >= 4 is 11.9 Å². The lowest BCUT2D eigenvalue weighted by molar-refractivity contribution is 0.766. The molecule has 0 aliphatic rings. The van der Waals surface area contributed by atoms with Crippen LogP contribution in [0.1, 0.15) is 11.1 Å². The number of anilines is 2. The Hall–Kier alpha value is -2.82. The molecule has 0 fully saturated rings. The molecule has 5 heteroatoms. The maximum absolute atomic E-state index is 5.65. The van der Waals surface area contributed by atoms with Crippen LogP contribution in [0.15, 0.2) is 60.7 Å². The van der Waals surface area contributed by atoms with Crippen LogP contribution < -0.4 is 10.6 Å². The molecule has 0 amide bonds. The largest absolute Gasteiger partial charge is 0.368 e. The Kier molecular flexibility index (Phi) is 3.82. The molecule has 0 bridgehead atoms. The molecule has 106 valence electrons. The Morgan fingerprint density at radius 3 is 1.81 bits per heavy atom. The molecule has 0 atom stereocenters. The van der Waals surface area contributed by atoms with Gasteiger partial charge < -0.3 is 10.6 Å². The lowest BCUT2D eigenvalue weighted by atomic mass is 10.2. The number of nitrogens with two attached hydrogens (primary N) is 1. The van der Waals surface area contributed by atoms with Gasteiger partial charge >= 0.3 is 0 Å². The highest BCUT2D eigenvalue weighted by molar-refractivity contribution is 5.37. The van der Waals surface area contributed by atoms with Crippen LogP contribution in [0, 0.1) is 0 Å². The molecule has 5 nitrogen and oxygen atoms in total. The summed E-state index contributed by atoms with van der Waals surface area (Å²) in [6.45, 7) is 1.46. The number of rotatable bonds is 5. The third-order valence-electron chi connectivity index (χ3n) is 3.21. The molecule has 2 aromatic carbocycles. The lowest BCUT2D eigenvalue weighted by Gasteiger charge is -2.21. The summed E-state index contributed by atoms with van der Waals surface area (Å²) in [5.41, 5.74) is 8.06. The summed E-state index contributed by atoms with van der Waals surface area (Å²) >= 11 is 0. The Labute approximate surface area is 123 Å². The summed E-state index contributed by atoms with van der Waals surface area (Å²) in [5.74, 6) is 0.941. The zero-order chi connectivity index (χ0) is 14.5. The van der Waals surface area contributed by atoms with Crippen molar-refractivity contribution in [2.75, 3.05) is 10.6 Å². The third-order valence-corrected chi connectivity index (χ3v) is 3.21. The predicted octanol–water partition coefficient (Wildman–Crippen LogP) is 2.59. The topological polar surface area (TPSA) is 70.8 Å². The number of hydrogen-bond acceptors (Lipinski definition) is 4. The van der Waals surface area contributed by atoms with Crippen LogP contribution in [0.4, 0.5) is 11.9 Å². The summed E-state index contributed by atoms with van der Waals surface area (Å²) in [6, 6.07) is 20.5. The second-order valence-electron chi connectivity index (χ2n) is 4.85. The van der Waals surface area contributed by atoms with Crippen molar-refractivity contribution in [3.05, 3.63) is 71.8 Å². The van der Waals surface area contributed by atoms with Crippen molar-refractivity contribution in [2.45, 2.75) is 13.1 Å². The van der Waals surface area contributed by atoms with Crippen molar-refractivity contribution in [1.29, 1.82) is 0 Å². The molecular weight excluding hydrogens is 262 g/mol. The molecule has 3 N–H and O–H groups in total. The first-order valence-corrected chi connectivity index (χ1v) is 6.82. The zero-order valence-electron chi connectivity index (χ0n) is 11.6. The fourth-order valence-corrected chi connectivity index (χ4v) is 2.21. The lowest BCUT2D eigenvalue weighted by Crippen LogP contribution is -2.23. The maximum Gasteiger partial charge on any atom is 0.246 e. The van der Waals surface area contributed by atoms with Crippen molar-refractivity contribution < 1.29 is 0 Å². The number of aromatic amines is 1. The highest BCUT2D eigenvalue weighted by atomic mass is 15.4. The van der Waals surface area contributed by atoms with E-state index in [1.165, 1.54) is 11.1 Å². The van der Waals surface area contributed by atoms with Gasteiger partial charge in [-0.3, -0.25) is 0 Å². The average molecular weight is 279 g/mol. The first-order chi connectivity index (χ1) is 10.3. The minimum absolute atomic E-state index is 0.330. The van der Waals surface area contributed by atoms with Crippen LogP contribution in [-0.4, -0.2) is 15.2 Å². The van der Waals surface area contributed by atoms with Crippen molar-refractivity contribution in [3.8, 4) is 0 Å². The number of H-pyrrole nitrogens is 1. The minimum atomic E-state index is 0.330. The molecule has 1 heterocycles. The van der Waals surface area contributed by atoms with Crippen LogP contribution in [0.5, 0.6) is 0 Å². The van der Waals surface area contributed by atoms with E-state index in [2.05, 4.69) is 44.3 Å². The molecule has 0 saturated heterocycles. The Bertz CT molecular complexity index is 637. The van der Waals surface area contributed by atoms with Crippen LogP contribution in [0.2, 0.25) is 0 Å². The Morgan fingerprint density at radius 1 is 0.857 bits per heavy atom. The van der Waals surface area contributed by atoms with E-state index in [1.807, 2.05) is 36.4 Å². The second kappa shape index (κ2) is 6.09. The monoisotopic (exact) mass is 279 g/mol. The van der Waals surface area contributed by atoms with E-state index in [0.29, 0.717) is 11.9 Å². The van der Waals surface area contributed by atoms with Gasteiger partial charge in [0, 0.05) is 13.1 Å². The zero-order valence-corrected chi connectivity index (χ0v) is 11.6. The van der Waals surface area contributed by atoms with Gasteiger partial charge in [0.15, 0.2) is 0 Å². The normalized spacial score (nSPS) is 10.5. The third kappa shape index (κ3) is 3.39. The highest BCUT2D eigenvalue weighted by Crippen LogP contribution is 2.16. The van der Waals surface area contributed by atoms with Crippen LogP contribution in [0.3, 0.4) is 0 Å². The standard InChI is InChI=1S/C16H17N5/c17-15-18-16(20-19-15)21(11-13-7-3-1-4-8-13)12-14-9-5-2-6-10-14/h1-10H,11-12H2,(H3,17,18,19,20). The molecule has 3 aromatic rings. The summed E-state index contributed by atoms with van der Waals surface area (Å²) in [5, 5.41) is 6.87. The summed E-state index contributed by atoms with van der Waals surface area (Å²) in [7, 11) is 0. The van der Waals surface area contributed by atoms with Gasteiger partial charge in [0.2, 0.25) is 11.9 Å². The van der Waals surface area contributed by atoms with Crippen molar-refractivity contribution in [2.24, 2.45) is 0 Å². The fourth-order valence-electron chi connectivity index (χ4n) is 2.21. The van der Waals surface area contributed by atoms with Gasteiger partial charge in [0.1, 0.15) is 0 Å². The molecule has 0 aliphatic carbocycles. The number of aromatic nitrogens is 3. The van der Waals surface area contributed by atoms with E-state index in [9.17, 15) is 0 Å². The van der Waals surface area contributed by atoms with Gasteiger partial charge in [-0.2, -0.15) is 4.98 Å². The molecule has 0 saturated carbocycles. The number of nitrogens with one attached hydrogen (secondary N) is 1. The molecule has 21 heavy (non-hydrogen) atoms. The summed E-state index contributed by atoms with van der Waals surface area (Å²) in [4.78, 5) is 6.34. The van der Waals surface area contributed by atoms with E-state index < -0.39 is 0 Å². The molecule has 3 rings (SSSR count). The Morgan fingerprint density at radius 2 is 1.38 bits per heavy atom. The van der Waals surface area contributed by atoms with E-state index in [0.717, 1.165) is 13.1 Å². The molecule has 0 unspecified atom stereocenters. The second-order valence-corrected chi connectivity index (χ2v) is 4.85. The molecule has 0 spiro atoms. The quantitative estimate of drug-likeness (QED) is 0.753. The van der Waals surface area contributed by atoms with E-state index in [-0.39, 0.29) is 0 Å². The summed E-state index contributed by atoms with van der Waals surface area (Å²) in [6.07, 6.45) is 0. The van der Waals surface area contributed by atoms with E-state index in [1.54, 1.807) is 0 Å². The number of benzene rings is 2. The van der Waals surface area contributed by atoms with E-state index in [4.69, 9.17) is 5.73 Å². The van der Waals surface area contributed by atoms with Crippen molar-refractivity contribution in [3.63, 3.8) is 0 Å². The predicted molar refractivity (Wildman–Crippen MR) is 83.6 cm³/mol. The number of hydrogen-bond donors (Lipinski definition) is 2. The SMILES string of the molecule is Nc1nc(N(Cc2ccccc2)Cc2ccccc2)n[nH]1. The smallest absolute Gasteiger partial charge is 0.246 e. The van der Waals surface area contributed by atoms with Crippen LogP contribution >= 0.6 is 0 Å². The number of nitrogens with zero attached hydrogens (tertiary/aromatic N) is 3. The van der Waals surface area contributed by atoms with Gasteiger partial charge in [-0.05, 0) is 11.1 Å². The van der Waals surface area contributed by atoms with Gasteiger partial charge in [-0.15, -0.1) is 5.10 Å². The van der Waals surface area contributed by atoms with Crippen LogP contribution in [-0.2, 0) is 13.1 Å². The minimum Gasteiger partial charge on any atom is -0.368 e. The fraction of sp³-hybridized carbons (Fsp3) is 0.125. The maximum atomic E-state index is 5.65. The molecule has 1 aromatic heterocycles. The van der Waals surface area contributed by atoms with E-state index >= 15 is 0 Å². The Balaban J connectivity index is 1.84. The highest BCUT2D eigenvalue weighted by Gasteiger charge is 2.12. The van der Waals surface area contributed by atoms with Crippen LogP contribution in [0.25, 0.3) is 0 Å². The summed E-state index contributed by atoms with van der Waals surface area (Å²) < 4.78 is 0. The number of nitrogen functional groups attached to an aromatic ring is 1. The molecule has 0 aliphatic heterocycles. The first kappa shape index (κ1) is 13.2. The molecule has 0 radical (unpaired) electrons. The van der Waals surface area contributed by atoms with Gasteiger partial charge in [0.05, 0.1) is 0 Å². The van der Waals surface area contributed by atoms with Gasteiger partial charge in [-0.25, -0.2) is 5.10 Å². The van der Waals surface area contributed by atoms with Gasteiger partial charge in [-0.1, -0.05) is 60.7 Å². The molecular formula is C16H17N5. The first-order valence-electron chi connectivity index (χ1n) is 6.82. The van der Waals surface area contributed by atoms with Gasteiger partial charge in [0.25, 0.3) is 0 Å². The van der Waals surface area contributed by atoms with Crippen molar-refractivity contribution in [1.82, 2.24) is 15.2 Å². The average Bonchev–Trinajstić information content (AvgIpc) is 2.95.